The van der Waals surface area contributed by atoms with Gasteiger partial charge in [-0.1, -0.05) is 26.7 Å². The van der Waals surface area contributed by atoms with Gasteiger partial charge in [0.25, 0.3) is 0 Å². The third-order valence-corrected chi connectivity index (χ3v) is 7.19. The molecule has 30 heavy (non-hydrogen) atoms. The number of carbonyl (C=O) groups is 1. The van der Waals surface area contributed by atoms with Gasteiger partial charge in [0.05, 0.1) is 18.8 Å². The van der Waals surface area contributed by atoms with Gasteiger partial charge in [-0.2, -0.15) is 0 Å². The van der Waals surface area contributed by atoms with E-state index < -0.39 is 35.9 Å². The van der Waals surface area contributed by atoms with Crippen LogP contribution < -0.4 is 10.6 Å². The second-order valence-electron chi connectivity index (χ2n) is 8.88. The number of hydrogen-bond donors (Lipinski definition) is 5. The van der Waals surface area contributed by atoms with E-state index in [-0.39, 0.29) is 24.5 Å². The third kappa shape index (κ3) is 6.77. The van der Waals surface area contributed by atoms with Crippen LogP contribution in [-0.4, -0.2) is 82.6 Å². The quantitative estimate of drug-likeness (QED) is 0.336. The van der Waals surface area contributed by atoms with Crippen molar-refractivity contribution in [2.24, 2.45) is 11.8 Å². The van der Waals surface area contributed by atoms with Crippen molar-refractivity contribution in [2.45, 2.75) is 94.3 Å². The molecule has 0 aromatic rings. The third-order valence-electron chi connectivity index (χ3n) is 6.34. The lowest BCUT2D eigenvalue weighted by Crippen LogP contribution is -2.64. The summed E-state index contributed by atoms with van der Waals surface area (Å²) >= 11 is 1.26. The standard InChI is InChI=1S/C21H39FN2O5S/c1-12(2)15(19-17(26)16(25)18(27)21(29-19)30-3)24-20(28)14-8-7-13(9-11-23-14)6-4-5-10-22/h12-19,21,23,25-27H,4-11H2,1-3H3,(H,24,28). The lowest BCUT2D eigenvalue weighted by atomic mass is 9.88. The van der Waals surface area contributed by atoms with E-state index in [1.165, 1.54) is 11.8 Å². The van der Waals surface area contributed by atoms with Crippen LogP contribution in [0, 0.1) is 11.8 Å². The number of nitrogens with one attached hydrogen (secondary N) is 2. The van der Waals surface area contributed by atoms with E-state index in [1.807, 2.05) is 13.8 Å². The molecule has 0 aromatic heterocycles. The molecule has 2 aliphatic heterocycles. The van der Waals surface area contributed by atoms with Gasteiger partial charge in [0.2, 0.25) is 5.91 Å². The SMILES string of the molecule is CSC1OC(C(NC(=O)C2CCC(CCCCF)CCN2)C(C)C)C(O)C(O)C1O. The Kier molecular flexibility index (Phi) is 10.8. The number of ether oxygens (including phenoxy) is 1. The first-order chi connectivity index (χ1) is 14.3. The van der Waals surface area contributed by atoms with Crippen LogP contribution in [0.1, 0.15) is 52.4 Å². The topological polar surface area (TPSA) is 111 Å². The number of thioether (sulfide) groups is 1. The van der Waals surface area contributed by atoms with Crippen LogP contribution in [0.3, 0.4) is 0 Å². The van der Waals surface area contributed by atoms with Crippen molar-refractivity contribution >= 4 is 17.7 Å². The molecule has 7 nitrogen and oxygen atoms in total. The number of aliphatic hydroxyl groups is 3. The van der Waals surface area contributed by atoms with Crippen molar-refractivity contribution in [1.82, 2.24) is 10.6 Å². The number of amides is 1. The number of halogens is 1. The van der Waals surface area contributed by atoms with Gasteiger partial charge in [0.15, 0.2) is 0 Å². The molecule has 2 heterocycles. The smallest absolute Gasteiger partial charge is 0.237 e. The van der Waals surface area contributed by atoms with E-state index in [1.54, 1.807) is 6.26 Å². The molecule has 2 saturated heterocycles. The molecule has 5 N–H and O–H groups in total. The number of carbonyl (C=O) groups excluding carboxylic acids is 1. The first kappa shape index (κ1) is 25.8. The van der Waals surface area contributed by atoms with Gasteiger partial charge >= 0.3 is 0 Å². The van der Waals surface area contributed by atoms with E-state index in [2.05, 4.69) is 10.6 Å². The highest BCUT2D eigenvalue weighted by atomic mass is 32.2. The molecular formula is C21H39FN2O5S. The summed E-state index contributed by atoms with van der Waals surface area (Å²) < 4.78 is 18.2. The van der Waals surface area contributed by atoms with Gasteiger partial charge in [0, 0.05) is 0 Å². The van der Waals surface area contributed by atoms with Crippen molar-refractivity contribution in [1.29, 1.82) is 0 Å². The van der Waals surface area contributed by atoms with E-state index in [4.69, 9.17) is 4.74 Å². The molecular weight excluding hydrogens is 411 g/mol. The van der Waals surface area contributed by atoms with Crippen molar-refractivity contribution in [3.63, 3.8) is 0 Å². The molecule has 0 radical (unpaired) electrons. The summed E-state index contributed by atoms with van der Waals surface area (Å²) in [5.41, 5.74) is -0.673. The Hall–Kier alpha value is -0.450. The average Bonchev–Trinajstić information content (AvgIpc) is 2.97. The van der Waals surface area contributed by atoms with Crippen molar-refractivity contribution < 1.29 is 29.2 Å². The predicted octanol–water partition coefficient (Wildman–Crippen LogP) is 1.20. The van der Waals surface area contributed by atoms with E-state index in [0.29, 0.717) is 18.8 Å². The minimum atomic E-state index is -1.33. The zero-order chi connectivity index (χ0) is 22.3. The maximum atomic E-state index is 13.0. The molecule has 176 valence electrons. The fraction of sp³-hybridized carbons (Fsp3) is 0.952. The van der Waals surface area contributed by atoms with Gasteiger partial charge in [-0.05, 0) is 50.3 Å². The Labute approximate surface area is 183 Å². The molecule has 0 spiro atoms. The van der Waals surface area contributed by atoms with Crippen molar-refractivity contribution in [3.05, 3.63) is 0 Å². The maximum Gasteiger partial charge on any atom is 0.237 e. The summed E-state index contributed by atoms with van der Waals surface area (Å²) in [6, 6.07) is -0.834. The summed E-state index contributed by atoms with van der Waals surface area (Å²) in [4.78, 5) is 13.0. The van der Waals surface area contributed by atoms with Crippen LogP contribution in [-0.2, 0) is 9.53 Å². The largest absolute Gasteiger partial charge is 0.388 e. The zero-order valence-electron chi connectivity index (χ0n) is 18.3. The Balaban J connectivity index is 1.98. The van der Waals surface area contributed by atoms with Gasteiger partial charge in [-0.25, -0.2) is 0 Å². The minimum Gasteiger partial charge on any atom is -0.388 e. The first-order valence-electron chi connectivity index (χ1n) is 11.1. The van der Waals surface area contributed by atoms with Gasteiger partial charge in [-0.15, -0.1) is 11.8 Å². The predicted molar refractivity (Wildman–Crippen MR) is 116 cm³/mol. The highest BCUT2D eigenvalue weighted by Gasteiger charge is 2.47. The average molecular weight is 451 g/mol. The van der Waals surface area contributed by atoms with Crippen LogP contribution in [0.2, 0.25) is 0 Å². The molecule has 2 rings (SSSR count). The molecule has 0 aliphatic carbocycles. The Bertz CT molecular complexity index is 528. The Morgan fingerprint density at radius 1 is 1.17 bits per heavy atom. The number of rotatable bonds is 9. The summed E-state index contributed by atoms with van der Waals surface area (Å²) in [7, 11) is 0. The zero-order valence-corrected chi connectivity index (χ0v) is 19.1. The molecule has 2 aliphatic rings. The molecule has 0 saturated carbocycles. The number of aliphatic hydroxyl groups excluding tert-OH is 3. The van der Waals surface area contributed by atoms with Crippen LogP contribution in [0.25, 0.3) is 0 Å². The lowest BCUT2D eigenvalue weighted by molar-refractivity contribution is -0.208. The molecule has 2 fully saturated rings. The monoisotopic (exact) mass is 450 g/mol. The fourth-order valence-electron chi connectivity index (χ4n) is 4.41. The van der Waals surface area contributed by atoms with Gasteiger partial charge in [0.1, 0.15) is 29.9 Å². The summed E-state index contributed by atoms with van der Waals surface area (Å²) in [6.45, 7) is 4.32. The van der Waals surface area contributed by atoms with Crippen LogP contribution in [0.4, 0.5) is 4.39 Å². The highest BCUT2D eigenvalue weighted by Crippen LogP contribution is 2.30. The summed E-state index contributed by atoms with van der Waals surface area (Å²) in [6.07, 6.45) is 2.22. The Morgan fingerprint density at radius 2 is 1.90 bits per heavy atom. The summed E-state index contributed by atoms with van der Waals surface area (Å²) in [5.74, 6) is 0.318. The second kappa shape index (κ2) is 12.6. The second-order valence-corrected chi connectivity index (χ2v) is 9.81. The number of unbranched alkanes of at least 4 members (excludes halogenated alkanes) is 1. The normalized spacial score (nSPS) is 36.3. The van der Waals surface area contributed by atoms with E-state index in [9.17, 15) is 24.5 Å². The molecule has 1 amide bonds. The Morgan fingerprint density at radius 3 is 2.53 bits per heavy atom. The van der Waals surface area contributed by atoms with Gasteiger partial charge < -0.3 is 30.7 Å². The highest BCUT2D eigenvalue weighted by molar-refractivity contribution is 7.99. The minimum absolute atomic E-state index is 0.0437. The number of alkyl halides is 1. The van der Waals surface area contributed by atoms with Crippen LogP contribution in [0.15, 0.2) is 0 Å². The number of hydrogen-bond acceptors (Lipinski definition) is 7. The molecule has 9 heteroatoms. The first-order valence-corrected chi connectivity index (χ1v) is 12.4. The summed E-state index contributed by atoms with van der Waals surface area (Å²) in [5, 5.41) is 37.2. The lowest BCUT2D eigenvalue weighted by Gasteiger charge is -2.44. The van der Waals surface area contributed by atoms with Crippen molar-refractivity contribution in [2.75, 3.05) is 19.5 Å². The van der Waals surface area contributed by atoms with Crippen LogP contribution in [0.5, 0.6) is 0 Å². The molecule has 0 bridgehead atoms. The van der Waals surface area contributed by atoms with Gasteiger partial charge in [-0.3, -0.25) is 9.18 Å². The van der Waals surface area contributed by atoms with Crippen molar-refractivity contribution in [3.8, 4) is 0 Å². The maximum absolute atomic E-state index is 13.0. The van der Waals surface area contributed by atoms with E-state index in [0.717, 1.165) is 32.2 Å². The van der Waals surface area contributed by atoms with E-state index >= 15 is 0 Å². The molecule has 8 atom stereocenters. The molecule has 8 unspecified atom stereocenters. The fourth-order valence-corrected chi connectivity index (χ4v) is 5.09. The molecule has 0 aromatic carbocycles. The van der Waals surface area contributed by atoms with Crippen LogP contribution >= 0.6 is 11.8 Å².